The van der Waals surface area contributed by atoms with E-state index in [0.29, 0.717) is 0 Å². The van der Waals surface area contributed by atoms with Crippen molar-refractivity contribution in [3.8, 4) is 0 Å². The molecule has 3 rings (SSSR count). The van der Waals surface area contributed by atoms with E-state index in [-0.39, 0.29) is 11.5 Å². The Morgan fingerprint density at radius 3 is 2.89 bits per heavy atom. The first kappa shape index (κ1) is 12.9. The minimum Gasteiger partial charge on any atom is -0.393 e. The summed E-state index contributed by atoms with van der Waals surface area (Å²) < 4.78 is 0.873. The third-order valence-electron chi connectivity index (χ3n) is 4.55. The summed E-state index contributed by atoms with van der Waals surface area (Å²) in [7, 11) is 0. The normalized spacial score (nSPS) is 33.3. The van der Waals surface area contributed by atoms with Gasteiger partial charge in [0.2, 0.25) is 0 Å². The maximum absolute atomic E-state index is 10.2. The third kappa shape index (κ3) is 2.46. The summed E-state index contributed by atoms with van der Waals surface area (Å²) in [6.45, 7) is 3.21. The monoisotopic (exact) mass is 285 g/mol. The van der Waals surface area contributed by atoms with Gasteiger partial charge in [-0.15, -0.1) is 11.3 Å². The number of halogens is 1. The highest BCUT2D eigenvalue weighted by Crippen LogP contribution is 2.45. The number of hydrogen-bond acceptors (Lipinski definition) is 3. The Morgan fingerprint density at radius 2 is 2.22 bits per heavy atom. The van der Waals surface area contributed by atoms with E-state index in [0.717, 1.165) is 30.4 Å². The van der Waals surface area contributed by atoms with Gasteiger partial charge in [0.15, 0.2) is 0 Å². The van der Waals surface area contributed by atoms with Crippen LogP contribution in [0, 0.1) is 5.41 Å². The fraction of sp³-hybridized carbons (Fsp3) is 0.714. The molecule has 1 aliphatic heterocycles. The van der Waals surface area contributed by atoms with Gasteiger partial charge in [-0.05, 0) is 44.4 Å². The maximum Gasteiger partial charge on any atom is 0.0931 e. The van der Waals surface area contributed by atoms with Gasteiger partial charge in [0.1, 0.15) is 0 Å². The predicted molar refractivity (Wildman–Crippen MR) is 76.1 cm³/mol. The first-order chi connectivity index (χ1) is 8.68. The van der Waals surface area contributed by atoms with Crippen molar-refractivity contribution in [1.82, 2.24) is 4.90 Å². The van der Waals surface area contributed by atoms with Crippen LogP contribution in [0.5, 0.6) is 0 Å². The smallest absolute Gasteiger partial charge is 0.0931 e. The number of hydrogen-bond donors (Lipinski definition) is 1. The van der Waals surface area contributed by atoms with E-state index >= 15 is 0 Å². The van der Waals surface area contributed by atoms with Gasteiger partial charge in [-0.2, -0.15) is 0 Å². The molecule has 1 saturated carbocycles. The molecule has 18 heavy (non-hydrogen) atoms. The first-order valence-corrected chi connectivity index (χ1v) is 8.02. The highest BCUT2D eigenvalue weighted by Gasteiger charge is 2.44. The molecule has 100 valence electrons. The van der Waals surface area contributed by atoms with Crippen LogP contribution in [0.3, 0.4) is 0 Å². The molecule has 0 unspecified atom stereocenters. The second-order valence-electron chi connectivity index (χ2n) is 5.79. The van der Waals surface area contributed by atoms with Gasteiger partial charge in [0.05, 0.1) is 10.4 Å². The Labute approximate surface area is 118 Å². The Balaban J connectivity index is 1.67. The van der Waals surface area contributed by atoms with Crippen LogP contribution in [0.1, 0.15) is 37.0 Å². The van der Waals surface area contributed by atoms with Crippen LogP contribution in [0.25, 0.3) is 0 Å². The standard InChI is InChI=1S/C14H20ClNOS/c15-13-5-4-11(18-13)9-16-8-2-7-14(10-16)6-1-3-12(14)17/h4-5,12,17H,1-3,6-10H2/t12-,14+/m1/s1. The van der Waals surface area contributed by atoms with Crippen molar-refractivity contribution in [1.29, 1.82) is 0 Å². The number of rotatable bonds is 2. The average molecular weight is 286 g/mol. The number of nitrogens with zero attached hydrogens (tertiary/aromatic N) is 1. The summed E-state index contributed by atoms with van der Waals surface area (Å²) in [5.41, 5.74) is 0.194. The molecule has 0 radical (unpaired) electrons. The van der Waals surface area contributed by atoms with E-state index in [4.69, 9.17) is 11.6 Å². The summed E-state index contributed by atoms with van der Waals surface area (Å²) in [4.78, 5) is 3.84. The Kier molecular flexibility index (Phi) is 3.68. The topological polar surface area (TPSA) is 23.5 Å². The molecule has 1 spiro atoms. The van der Waals surface area contributed by atoms with Crippen molar-refractivity contribution in [2.75, 3.05) is 13.1 Å². The van der Waals surface area contributed by atoms with E-state index in [1.165, 1.54) is 30.6 Å². The Morgan fingerprint density at radius 1 is 1.39 bits per heavy atom. The van der Waals surface area contributed by atoms with Gasteiger partial charge in [0, 0.05) is 23.4 Å². The summed E-state index contributed by atoms with van der Waals surface area (Å²) in [6, 6.07) is 4.10. The van der Waals surface area contributed by atoms with E-state index in [2.05, 4.69) is 11.0 Å². The number of likely N-dealkylation sites (tertiary alicyclic amines) is 1. The van der Waals surface area contributed by atoms with E-state index < -0.39 is 0 Å². The number of aliphatic hydroxyl groups is 1. The molecule has 1 N–H and O–H groups in total. The van der Waals surface area contributed by atoms with Gasteiger partial charge in [-0.25, -0.2) is 0 Å². The summed E-state index contributed by atoms with van der Waals surface area (Å²) in [5.74, 6) is 0. The molecule has 2 aliphatic rings. The molecule has 2 nitrogen and oxygen atoms in total. The minimum absolute atomic E-state index is 0.0766. The van der Waals surface area contributed by atoms with Crippen LogP contribution in [0.4, 0.5) is 0 Å². The van der Waals surface area contributed by atoms with E-state index in [1.54, 1.807) is 11.3 Å². The van der Waals surface area contributed by atoms with Crippen molar-refractivity contribution in [3.63, 3.8) is 0 Å². The molecule has 1 aromatic heterocycles. The Hall–Kier alpha value is -0.0900. The molecule has 2 atom stereocenters. The molecule has 1 aliphatic carbocycles. The lowest BCUT2D eigenvalue weighted by Crippen LogP contribution is -2.46. The molecule has 1 saturated heterocycles. The maximum atomic E-state index is 10.2. The van der Waals surface area contributed by atoms with Crippen molar-refractivity contribution in [2.45, 2.75) is 44.8 Å². The average Bonchev–Trinajstić information content (AvgIpc) is 2.88. The zero-order valence-electron chi connectivity index (χ0n) is 10.6. The summed E-state index contributed by atoms with van der Waals surface area (Å²) >= 11 is 7.66. The molecular formula is C14H20ClNOS. The molecule has 0 bridgehead atoms. The van der Waals surface area contributed by atoms with Gasteiger partial charge in [-0.3, -0.25) is 4.90 Å². The van der Waals surface area contributed by atoms with Crippen molar-refractivity contribution < 1.29 is 5.11 Å². The lowest BCUT2D eigenvalue weighted by Gasteiger charge is -2.42. The number of piperidine rings is 1. The molecule has 2 fully saturated rings. The second kappa shape index (κ2) is 5.12. The highest BCUT2D eigenvalue weighted by molar-refractivity contribution is 7.16. The number of aliphatic hydroxyl groups excluding tert-OH is 1. The zero-order valence-corrected chi connectivity index (χ0v) is 12.1. The van der Waals surface area contributed by atoms with Crippen LogP contribution < -0.4 is 0 Å². The molecule has 0 amide bonds. The molecular weight excluding hydrogens is 266 g/mol. The molecule has 4 heteroatoms. The lowest BCUT2D eigenvalue weighted by atomic mass is 9.77. The SMILES string of the molecule is O[C@@H]1CCC[C@@]12CCCN(Cc1ccc(Cl)s1)C2. The Bertz CT molecular complexity index is 422. The van der Waals surface area contributed by atoms with Gasteiger partial charge in [0.25, 0.3) is 0 Å². The van der Waals surface area contributed by atoms with E-state index in [9.17, 15) is 5.11 Å². The zero-order chi connectivity index (χ0) is 12.6. The van der Waals surface area contributed by atoms with Gasteiger partial charge in [-0.1, -0.05) is 18.0 Å². The molecule has 2 heterocycles. The fourth-order valence-electron chi connectivity index (χ4n) is 3.65. The van der Waals surface area contributed by atoms with Gasteiger partial charge < -0.3 is 5.11 Å². The van der Waals surface area contributed by atoms with Crippen LogP contribution in [-0.4, -0.2) is 29.2 Å². The van der Waals surface area contributed by atoms with E-state index in [1.807, 2.05) is 6.07 Å². The minimum atomic E-state index is -0.0766. The summed E-state index contributed by atoms with van der Waals surface area (Å²) in [6.07, 6.45) is 5.74. The first-order valence-electron chi connectivity index (χ1n) is 6.83. The van der Waals surface area contributed by atoms with Crippen LogP contribution in [0.15, 0.2) is 12.1 Å². The predicted octanol–water partition coefficient (Wildman–Crippen LogP) is 3.53. The fourth-order valence-corrected chi connectivity index (χ4v) is 4.78. The van der Waals surface area contributed by atoms with Gasteiger partial charge >= 0.3 is 0 Å². The summed E-state index contributed by atoms with van der Waals surface area (Å²) in [5, 5.41) is 10.2. The van der Waals surface area contributed by atoms with Crippen molar-refractivity contribution >= 4 is 22.9 Å². The van der Waals surface area contributed by atoms with Crippen LogP contribution >= 0.6 is 22.9 Å². The highest BCUT2D eigenvalue weighted by atomic mass is 35.5. The lowest BCUT2D eigenvalue weighted by molar-refractivity contribution is -0.0117. The molecule has 0 aromatic carbocycles. The quantitative estimate of drug-likeness (QED) is 0.899. The van der Waals surface area contributed by atoms with Crippen LogP contribution in [-0.2, 0) is 6.54 Å². The third-order valence-corrected chi connectivity index (χ3v) is 5.77. The van der Waals surface area contributed by atoms with Crippen molar-refractivity contribution in [2.24, 2.45) is 5.41 Å². The van der Waals surface area contributed by atoms with Crippen LogP contribution in [0.2, 0.25) is 4.34 Å². The largest absolute Gasteiger partial charge is 0.393 e. The number of thiophene rings is 1. The van der Waals surface area contributed by atoms with Crippen molar-refractivity contribution in [3.05, 3.63) is 21.3 Å². The second-order valence-corrected chi connectivity index (χ2v) is 7.59. The molecule has 1 aromatic rings.